The molecule has 26 aromatic rings. The first kappa shape index (κ1) is 53.8. The molecule has 104 heavy (non-hydrogen) atoms. The first-order valence-corrected chi connectivity index (χ1v) is 35.8. The highest BCUT2D eigenvalue weighted by molar-refractivity contribution is 6.42. The molecule has 0 aliphatic rings. The molecule has 0 spiro atoms. The molecule has 0 fully saturated rings. The number of hydrogen-bond acceptors (Lipinski definition) is 2. The van der Waals surface area contributed by atoms with Gasteiger partial charge in [-0.15, -0.1) is 0 Å². The van der Waals surface area contributed by atoms with Gasteiger partial charge in [0.2, 0.25) is 0 Å². The SMILES string of the molecule is c1ccc(-n2c3ccc(-c4ccc5c(c4)oc4c5ccc5c4c4c6c7ccccc7n(-c7ccccc7)c6cc6c7c8oc9ccccc9c8ccc7n5c64)cc3c3cc4c5cc6c7ccccc7n(-c7ccccc7)c6c6c7cc8c9ccccc9n(-c9ccccc9)c8cc7n(c4cc32)c56)cc1. The fraction of sp³-hybridized carbons (Fsp3) is 0. The van der Waals surface area contributed by atoms with Crippen LogP contribution < -0.4 is 0 Å². The molecule has 0 saturated heterocycles. The molecule has 0 atom stereocenters. The monoisotopic (exact) mass is 1320 g/mol. The van der Waals surface area contributed by atoms with Crippen molar-refractivity contribution in [3.05, 3.63) is 315 Å². The summed E-state index contributed by atoms with van der Waals surface area (Å²) < 4.78 is 29.4. The highest BCUT2D eigenvalue weighted by Gasteiger charge is 2.31. The lowest BCUT2D eigenvalue weighted by Gasteiger charge is -2.10. The lowest BCUT2D eigenvalue weighted by Crippen LogP contribution is -1.94. The van der Waals surface area contributed by atoms with Gasteiger partial charge >= 0.3 is 0 Å². The molecular formula is C96H52N6O2. The van der Waals surface area contributed by atoms with Crippen LogP contribution in [0.5, 0.6) is 0 Å². The van der Waals surface area contributed by atoms with E-state index in [1.807, 2.05) is 0 Å². The van der Waals surface area contributed by atoms with Gasteiger partial charge in [-0.05, 0) is 169 Å². The van der Waals surface area contributed by atoms with Crippen LogP contribution in [-0.4, -0.2) is 27.1 Å². The van der Waals surface area contributed by atoms with Gasteiger partial charge in [-0.1, -0.05) is 158 Å². The van der Waals surface area contributed by atoms with Gasteiger partial charge in [0.1, 0.15) is 22.3 Å². The van der Waals surface area contributed by atoms with Gasteiger partial charge in [-0.2, -0.15) is 0 Å². The summed E-state index contributed by atoms with van der Waals surface area (Å²) in [6, 6.07) is 117. The zero-order valence-electron chi connectivity index (χ0n) is 55.5. The average Bonchev–Trinajstić information content (AvgIpc) is 1.51. The molecule has 0 N–H and O–H groups in total. The van der Waals surface area contributed by atoms with Crippen molar-refractivity contribution in [1.82, 2.24) is 27.1 Å². The first-order chi connectivity index (χ1) is 51.6. The standard InChI is InChI=1S/C96H52N6O2/c1-5-21-55(22-6-1)97-74-33-17-13-29-59(74)67-48-72-83(52-80(67)97)102-82-51-81-68(47-69(82)71-49-70-60-30-14-18-34-75(60)100(58-27-11-4-12-28-58)92(70)89(72)93(71)102)66-45-53(38-42-77(66)98(81)56-23-7-2-8-24-56)54-37-39-62-64-41-44-79-90(96(64)104-86(62)46-54)91-87-65-32-15-19-35-76(65)99(57-25-9-3-10-26-57)84(87)50-73-88-78(101(79)94(73)91)43-40-63-61-31-16-20-36-85(61)103-95(63)88/h1-52H. The van der Waals surface area contributed by atoms with E-state index in [9.17, 15) is 0 Å². The topological polar surface area (TPSA) is 54.8 Å². The largest absolute Gasteiger partial charge is 0.455 e. The van der Waals surface area contributed by atoms with E-state index in [2.05, 4.69) is 343 Å². The van der Waals surface area contributed by atoms with Crippen molar-refractivity contribution in [2.24, 2.45) is 0 Å². The highest BCUT2D eigenvalue weighted by atomic mass is 16.3. The summed E-state index contributed by atoms with van der Waals surface area (Å²) in [6.07, 6.45) is 0. The van der Waals surface area contributed by atoms with E-state index in [0.717, 1.165) is 127 Å². The van der Waals surface area contributed by atoms with Gasteiger partial charge in [0.25, 0.3) is 0 Å². The lowest BCUT2D eigenvalue weighted by molar-refractivity contribution is 0.672. The van der Waals surface area contributed by atoms with Crippen LogP contribution in [0.2, 0.25) is 0 Å². The van der Waals surface area contributed by atoms with Gasteiger partial charge in [-0.25, -0.2) is 0 Å². The van der Waals surface area contributed by atoms with Crippen molar-refractivity contribution >= 4 is 207 Å². The van der Waals surface area contributed by atoms with E-state index < -0.39 is 0 Å². The molecule has 26 rings (SSSR count). The Morgan fingerprint density at radius 3 is 1.27 bits per heavy atom. The molecular weight excluding hydrogens is 1270 g/mol. The minimum absolute atomic E-state index is 0.847. The third-order valence-electron chi connectivity index (χ3n) is 23.6. The van der Waals surface area contributed by atoms with Crippen molar-refractivity contribution in [2.45, 2.75) is 0 Å². The van der Waals surface area contributed by atoms with Crippen LogP contribution in [0.1, 0.15) is 0 Å². The molecule has 10 heterocycles. The number of aromatic nitrogens is 6. The van der Waals surface area contributed by atoms with E-state index in [1.165, 1.54) is 114 Å². The summed E-state index contributed by atoms with van der Waals surface area (Å²) in [5, 5.41) is 23.6. The predicted molar refractivity (Wildman–Crippen MR) is 433 cm³/mol. The third kappa shape index (κ3) is 6.57. The summed E-state index contributed by atoms with van der Waals surface area (Å²) in [5.41, 5.74) is 26.5. The summed E-state index contributed by atoms with van der Waals surface area (Å²) in [4.78, 5) is 0. The second-order valence-corrected chi connectivity index (χ2v) is 28.6. The normalized spacial score (nSPS) is 12.8. The zero-order valence-corrected chi connectivity index (χ0v) is 55.5. The third-order valence-corrected chi connectivity index (χ3v) is 23.6. The van der Waals surface area contributed by atoms with Crippen LogP contribution in [0.4, 0.5) is 0 Å². The molecule has 0 aliphatic carbocycles. The van der Waals surface area contributed by atoms with E-state index in [1.54, 1.807) is 0 Å². The van der Waals surface area contributed by atoms with Crippen molar-refractivity contribution in [1.29, 1.82) is 0 Å². The van der Waals surface area contributed by atoms with Gasteiger partial charge < -0.3 is 35.9 Å². The quantitative estimate of drug-likeness (QED) is 0.172. The number of hydrogen-bond donors (Lipinski definition) is 0. The van der Waals surface area contributed by atoms with Crippen LogP contribution in [0.15, 0.2) is 324 Å². The van der Waals surface area contributed by atoms with Gasteiger partial charge in [-0.3, -0.25) is 0 Å². The molecule has 0 bridgehead atoms. The molecule has 16 aromatic carbocycles. The molecule has 8 nitrogen and oxygen atoms in total. The summed E-state index contributed by atoms with van der Waals surface area (Å²) in [6.45, 7) is 0. The molecule has 0 unspecified atom stereocenters. The second kappa shape index (κ2) is 19.1. The van der Waals surface area contributed by atoms with Crippen LogP contribution in [0, 0.1) is 0 Å². The minimum atomic E-state index is 0.847. The minimum Gasteiger partial charge on any atom is -0.455 e. The first-order valence-electron chi connectivity index (χ1n) is 35.8. The Labute approximate surface area is 588 Å². The fourth-order valence-corrected chi connectivity index (χ4v) is 19.4. The smallest absolute Gasteiger partial charge is 0.145 e. The predicted octanol–water partition coefficient (Wildman–Crippen LogP) is 25.8. The summed E-state index contributed by atoms with van der Waals surface area (Å²) in [5.74, 6) is 0. The second-order valence-electron chi connectivity index (χ2n) is 28.6. The van der Waals surface area contributed by atoms with Crippen LogP contribution in [0.25, 0.3) is 241 Å². The van der Waals surface area contributed by atoms with Crippen molar-refractivity contribution in [3.63, 3.8) is 0 Å². The number of furan rings is 2. The number of fused-ring (bicyclic) bond motifs is 34. The molecule has 478 valence electrons. The maximum Gasteiger partial charge on any atom is 0.145 e. The molecule has 10 aromatic heterocycles. The summed E-state index contributed by atoms with van der Waals surface area (Å²) >= 11 is 0. The van der Waals surface area contributed by atoms with Gasteiger partial charge in [0.05, 0.1) is 88.0 Å². The molecule has 0 radical (unpaired) electrons. The van der Waals surface area contributed by atoms with Crippen LogP contribution in [0.3, 0.4) is 0 Å². The lowest BCUT2D eigenvalue weighted by atomic mass is 9.99. The Hall–Kier alpha value is -14.1. The van der Waals surface area contributed by atoms with Gasteiger partial charge in [0, 0.05) is 120 Å². The summed E-state index contributed by atoms with van der Waals surface area (Å²) in [7, 11) is 0. The Morgan fingerprint density at radius 1 is 0.173 bits per heavy atom. The fourth-order valence-electron chi connectivity index (χ4n) is 19.4. The van der Waals surface area contributed by atoms with E-state index in [0.29, 0.717) is 0 Å². The van der Waals surface area contributed by atoms with E-state index in [-0.39, 0.29) is 0 Å². The van der Waals surface area contributed by atoms with E-state index in [4.69, 9.17) is 8.83 Å². The van der Waals surface area contributed by atoms with Crippen LogP contribution in [-0.2, 0) is 0 Å². The molecule has 8 heteroatoms. The highest BCUT2D eigenvalue weighted by Crippen LogP contribution is 2.54. The van der Waals surface area contributed by atoms with E-state index >= 15 is 0 Å². The number of para-hydroxylation sites is 8. The Balaban J connectivity index is 0.735. The van der Waals surface area contributed by atoms with Crippen LogP contribution >= 0.6 is 0 Å². The maximum atomic E-state index is 7.52. The van der Waals surface area contributed by atoms with Crippen molar-refractivity contribution in [2.75, 3.05) is 0 Å². The molecule has 0 amide bonds. The van der Waals surface area contributed by atoms with Gasteiger partial charge in [0.15, 0.2) is 0 Å². The Morgan fingerprint density at radius 2 is 0.587 bits per heavy atom. The van der Waals surface area contributed by atoms with Crippen molar-refractivity contribution in [3.8, 4) is 33.9 Å². The molecule has 0 saturated carbocycles. The Bertz CT molecular complexity index is 8320. The Kier molecular flexibility index (Phi) is 9.86. The number of benzene rings is 16. The number of nitrogens with zero attached hydrogens (tertiary/aromatic N) is 6. The maximum absolute atomic E-state index is 7.52. The zero-order chi connectivity index (χ0) is 67.1. The molecule has 0 aliphatic heterocycles. The average molecular weight is 1320 g/mol. The van der Waals surface area contributed by atoms with Crippen molar-refractivity contribution < 1.29 is 8.83 Å². The number of rotatable bonds is 5.